The van der Waals surface area contributed by atoms with Crippen LogP contribution in [-0.2, 0) is 11.2 Å². The second-order valence-electron chi connectivity index (χ2n) is 5.65. The molecule has 0 fully saturated rings. The monoisotopic (exact) mass is 282 g/mol. The number of carbonyl (C=O) groups is 1. The van der Waals surface area contributed by atoms with Gasteiger partial charge in [-0.2, -0.15) is 0 Å². The van der Waals surface area contributed by atoms with Crippen molar-refractivity contribution in [3.63, 3.8) is 0 Å². The van der Waals surface area contributed by atoms with Gasteiger partial charge >= 0.3 is 5.97 Å². The summed E-state index contributed by atoms with van der Waals surface area (Å²) in [7, 11) is 0. The Balaban J connectivity index is 2.00. The zero-order chi connectivity index (χ0) is 15.0. The maximum Gasteiger partial charge on any atom is 0.345 e. The molecular weight excluding hydrogens is 264 g/mol. The van der Waals surface area contributed by atoms with Gasteiger partial charge in [-0.25, -0.2) is 4.79 Å². The first kappa shape index (κ1) is 13.7. The average molecular weight is 282 g/mol. The van der Waals surface area contributed by atoms with Gasteiger partial charge in [0.25, 0.3) is 0 Å². The molecule has 0 radical (unpaired) electrons. The Labute approximate surface area is 124 Å². The Morgan fingerprint density at radius 2 is 1.62 bits per heavy atom. The molecule has 0 saturated heterocycles. The molecule has 3 nitrogen and oxygen atoms in total. The first-order valence-corrected chi connectivity index (χ1v) is 7.14. The molecule has 3 rings (SSSR count). The van der Waals surface area contributed by atoms with Crippen molar-refractivity contribution in [1.29, 1.82) is 0 Å². The molecule has 0 aromatic heterocycles. The predicted octanol–water partition coefficient (Wildman–Crippen LogP) is 4.20. The first-order valence-electron chi connectivity index (χ1n) is 7.14. The first-order chi connectivity index (χ1) is 9.98. The fourth-order valence-electron chi connectivity index (χ4n) is 2.45. The molecule has 21 heavy (non-hydrogen) atoms. The highest BCUT2D eigenvalue weighted by Crippen LogP contribution is 2.34. The van der Waals surface area contributed by atoms with Crippen LogP contribution in [0.2, 0.25) is 0 Å². The number of hydrogen-bond acceptors (Lipinski definition) is 3. The molecule has 0 amide bonds. The molecule has 0 aliphatic carbocycles. The zero-order valence-corrected chi connectivity index (χ0v) is 12.5. The second kappa shape index (κ2) is 4.92. The van der Waals surface area contributed by atoms with Gasteiger partial charge < -0.3 is 9.47 Å². The number of esters is 1. The number of cyclic esters (lactones) is 1. The number of hydrogen-bond donors (Lipinski definition) is 0. The molecule has 2 aromatic rings. The molecule has 3 heteroatoms. The molecule has 0 saturated carbocycles. The summed E-state index contributed by atoms with van der Waals surface area (Å²) in [6, 6.07) is 14.0. The van der Waals surface area contributed by atoms with Crippen LogP contribution in [-0.4, -0.2) is 11.8 Å². The molecule has 108 valence electrons. The molecule has 0 spiro atoms. The minimum atomic E-state index is -0.922. The Hall–Kier alpha value is -2.29. The summed E-state index contributed by atoms with van der Waals surface area (Å²) in [6.45, 7) is 5.60. The van der Waals surface area contributed by atoms with Crippen molar-refractivity contribution in [2.75, 3.05) is 0 Å². The van der Waals surface area contributed by atoms with Gasteiger partial charge in [0.2, 0.25) is 5.79 Å². The lowest BCUT2D eigenvalue weighted by Crippen LogP contribution is -2.38. The molecule has 0 N–H and O–H groups in total. The predicted molar refractivity (Wildman–Crippen MR) is 81.4 cm³/mol. The van der Waals surface area contributed by atoms with Crippen LogP contribution in [0.5, 0.6) is 5.75 Å². The van der Waals surface area contributed by atoms with Crippen LogP contribution < -0.4 is 4.74 Å². The number of benzene rings is 2. The van der Waals surface area contributed by atoms with E-state index in [1.165, 1.54) is 5.56 Å². The van der Waals surface area contributed by atoms with Crippen molar-refractivity contribution in [3.05, 3.63) is 53.6 Å². The molecule has 0 atom stereocenters. The van der Waals surface area contributed by atoms with E-state index in [-0.39, 0.29) is 5.97 Å². The lowest BCUT2D eigenvalue weighted by Gasteiger charge is -2.31. The Kier molecular flexibility index (Phi) is 3.20. The van der Waals surface area contributed by atoms with E-state index in [9.17, 15) is 4.79 Å². The largest absolute Gasteiger partial charge is 0.452 e. The maximum atomic E-state index is 11.9. The standard InChI is InChI=1S/C18H18O3/c1-4-12-5-7-13(8-6-12)14-9-10-15-16(11-14)20-18(2,3)21-17(15)19/h5-11H,4H2,1-3H3. The fraction of sp³-hybridized carbons (Fsp3) is 0.278. The summed E-state index contributed by atoms with van der Waals surface area (Å²) in [5, 5.41) is 0. The lowest BCUT2D eigenvalue weighted by molar-refractivity contribution is -0.127. The highest BCUT2D eigenvalue weighted by atomic mass is 16.7. The van der Waals surface area contributed by atoms with Crippen molar-refractivity contribution in [2.45, 2.75) is 33.0 Å². The Morgan fingerprint density at radius 1 is 0.952 bits per heavy atom. The number of carbonyl (C=O) groups excluding carboxylic acids is 1. The number of rotatable bonds is 2. The Morgan fingerprint density at radius 3 is 2.29 bits per heavy atom. The van der Waals surface area contributed by atoms with Crippen LogP contribution in [0.4, 0.5) is 0 Å². The normalized spacial score (nSPS) is 15.9. The van der Waals surface area contributed by atoms with Crippen molar-refractivity contribution in [2.24, 2.45) is 0 Å². The summed E-state index contributed by atoms with van der Waals surface area (Å²) in [4.78, 5) is 11.9. The third-order valence-electron chi connectivity index (χ3n) is 3.59. The van der Waals surface area contributed by atoms with Crippen LogP contribution in [0.15, 0.2) is 42.5 Å². The summed E-state index contributed by atoms with van der Waals surface area (Å²) in [5.41, 5.74) is 3.91. The molecule has 1 aliphatic heterocycles. The highest BCUT2D eigenvalue weighted by Gasteiger charge is 2.33. The van der Waals surface area contributed by atoms with Gasteiger partial charge in [0.1, 0.15) is 11.3 Å². The van der Waals surface area contributed by atoms with E-state index >= 15 is 0 Å². The summed E-state index contributed by atoms with van der Waals surface area (Å²) >= 11 is 0. The third-order valence-corrected chi connectivity index (χ3v) is 3.59. The molecule has 2 aromatic carbocycles. The number of aryl methyl sites for hydroxylation is 1. The van der Waals surface area contributed by atoms with E-state index in [0.29, 0.717) is 11.3 Å². The second-order valence-corrected chi connectivity index (χ2v) is 5.65. The van der Waals surface area contributed by atoms with Gasteiger partial charge in [-0.3, -0.25) is 0 Å². The minimum Gasteiger partial charge on any atom is -0.452 e. The van der Waals surface area contributed by atoms with Crippen molar-refractivity contribution < 1.29 is 14.3 Å². The zero-order valence-electron chi connectivity index (χ0n) is 12.5. The quantitative estimate of drug-likeness (QED) is 0.774. The van der Waals surface area contributed by atoms with Crippen molar-refractivity contribution in [3.8, 4) is 16.9 Å². The summed E-state index contributed by atoms with van der Waals surface area (Å²) in [6.07, 6.45) is 1.02. The van der Waals surface area contributed by atoms with Crippen LogP contribution >= 0.6 is 0 Å². The molecule has 1 heterocycles. The van der Waals surface area contributed by atoms with E-state index < -0.39 is 5.79 Å². The maximum absolute atomic E-state index is 11.9. The van der Waals surface area contributed by atoms with Crippen LogP contribution in [0.1, 0.15) is 36.7 Å². The fourth-order valence-corrected chi connectivity index (χ4v) is 2.45. The third kappa shape index (κ3) is 2.64. The van der Waals surface area contributed by atoms with Gasteiger partial charge in [-0.05, 0) is 35.2 Å². The van der Waals surface area contributed by atoms with Gasteiger partial charge in [0.05, 0.1) is 0 Å². The van der Waals surface area contributed by atoms with E-state index in [2.05, 4.69) is 31.2 Å². The van der Waals surface area contributed by atoms with Crippen LogP contribution in [0.3, 0.4) is 0 Å². The van der Waals surface area contributed by atoms with E-state index in [4.69, 9.17) is 9.47 Å². The molecule has 1 aliphatic rings. The Bertz CT molecular complexity index is 684. The number of ether oxygens (including phenoxy) is 2. The SMILES string of the molecule is CCc1ccc(-c2ccc3c(c2)OC(C)(C)OC3=O)cc1. The van der Waals surface area contributed by atoms with Gasteiger partial charge in [-0.15, -0.1) is 0 Å². The highest BCUT2D eigenvalue weighted by molar-refractivity contribution is 5.94. The summed E-state index contributed by atoms with van der Waals surface area (Å²) < 4.78 is 11.0. The topological polar surface area (TPSA) is 35.5 Å². The van der Waals surface area contributed by atoms with Gasteiger partial charge in [0, 0.05) is 13.8 Å². The number of fused-ring (bicyclic) bond motifs is 1. The lowest BCUT2D eigenvalue weighted by atomic mass is 10.0. The smallest absolute Gasteiger partial charge is 0.345 e. The van der Waals surface area contributed by atoms with Crippen molar-refractivity contribution >= 4 is 5.97 Å². The van der Waals surface area contributed by atoms with E-state index in [1.807, 2.05) is 12.1 Å². The van der Waals surface area contributed by atoms with E-state index in [0.717, 1.165) is 17.5 Å². The van der Waals surface area contributed by atoms with Crippen LogP contribution in [0.25, 0.3) is 11.1 Å². The summed E-state index contributed by atoms with van der Waals surface area (Å²) in [5.74, 6) is -0.683. The molecular formula is C18H18O3. The van der Waals surface area contributed by atoms with Crippen molar-refractivity contribution in [1.82, 2.24) is 0 Å². The van der Waals surface area contributed by atoms with Gasteiger partial charge in [-0.1, -0.05) is 37.3 Å². The van der Waals surface area contributed by atoms with Crippen LogP contribution in [0, 0.1) is 0 Å². The molecule has 0 unspecified atom stereocenters. The minimum absolute atomic E-state index is 0.339. The van der Waals surface area contributed by atoms with E-state index in [1.54, 1.807) is 19.9 Å². The molecule has 0 bridgehead atoms. The average Bonchev–Trinajstić information content (AvgIpc) is 2.45. The van der Waals surface area contributed by atoms with Gasteiger partial charge in [0.15, 0.2) is 0 Å².